The minimum atomic E-state index is -0.483. The molecule has 0 fully saturated rings. The van der Waals surface area contributed by atoms with Crippen LogP contribution in [0.15, 0.2) is 48.5 Å². The molecular weight excluding hydrogens is 407 g/mol. The zero-order valence-electron chi connectivity index (χ0n) is 19.7. The summed E-state index contributed by atoms with van der Waals surface area (Å²) in [5.74, 6) is 0.878. The summed E-state index contributed by atoms with van der Waals surface area (Å²) in [5.41, 5.74) is 2.03. The van der Waals surface area contributed by atoms with E-state index in [1.54, 1.807) is 23.9 Å². The number of aromatic nitrogens is 2. The normalized spacial score (nSPS) is 11.9. The highest BCUT2D eigenvalue weighted by Gasteiger charge is 2.22. The van der Waals surface area contributed by atoms with E-state index in [0.29, 0.717) is 17.1 Å². The first-order valence-electron chi connectivity index (χ1n) is 10.5. The number of hydrogen-bond donors (Lipinski definition) is 2. The second-order valence-corrected chi connectivity index (χ2v) is 9.80. The molecule has 3 aromatic rings. The molecule has 2 aromatic carbocycles. The van der Waals surface area contributed by atoms with Crippen molar-refractivity contribution in [2.75, 3.05) is 17.7 Å². The SMILES string of the molecule is COc1ccc(-n2nc(C(C)(C)C)cc2NC(=O)Nc2ccc(C(C)(C)C)c(F)c2)cc1. The van der Waals surface area contributed by atoms with Gasteiger partial charge >= 0.3 is 6.03 Å². The molecule has 2 amide bonds. The van der Waals surface area contributed by atoms with Gasteiger partial charge in [0.05, 0.1) is 18.5 Å². The number of ether oxygens (including phenoxy) is 1. The van der Waals surface area contributed by atoms with Crippen LogP contribution in [0.4, 0.5) is 20.7 Å². The Balaban J connectivity index is 1.86. The van der Waals surface area contributed by atoms with Crippen LogP contribution in [0.25, 0.3) is 5.69 Å². The quantitative estimate of drug-likeness (QED) is 0.505. The van der Waals surface area contributed by atoms with E-state index in [-0.39, 0.29) is 16.6 Å². The number of carbonyl (C=O) groups is 1. The number of amides is 2. The highest BCUT2D eigenvalue weighted by Crippen LogP contribution is 2.28. The minimum absolute atomic E-state index is 0.212. The molecule has 3 rings (SSSR count). The summed E-state index contributed by atoms with van der Waals surface area (Å²) in [6.07, 6.45) is 0. The molecule has 6 nitrogen and oxygen atoms in total. The van der Waals surface area contributed by atoms with Crippen LogP contribution in [0.1, 0.15) is 52.8 Å². The molecule has 0 aliphatic heterocycles. The number of halogens is 1. The maximum Gasteiger partial charge on any atom is 0.324 e. The van der Waals surface area contributed by atoms with Crippen molar-refractivity contribution in [3.05, 3.63) is 65.6 Å². The molecule has 0 spiro atoms. The second kappa shape index (κ2) is 8.65. The molecule has 0 aliphatic carbocycles. The van der Waals surface area contributed by atoms with Crippen molar-refractivity contribution < 1.29 is 13.9 Å². The number of hydrogen-bond acceptors (Lipinski definition) is 3. The fraction of sp³-hybridized carbons (Fsp3) is 0.360. The van der Waals surface area contributed by atoms with E-state index in [0.717, 1.165) is 17.1 Å². The molecule has 170 valence electrons. The van der Waals surface area contributed by atoms with Crippen molar-refractivity contribution in [1.82, 2.24) is 9.78 Å². The standard InChI is InChI=1S/C25H31FN4O2/c1-24(2,3)19-13-8-16(14-20(19)26)27-23(31)28-22-15-21(25(4,5)6)29-30(22)17-9-11-18(32-7)12-10-17/h8-15H,1-7H3,(H2,27,28,31). The molecule has 0 radical (unpaired) electrons. The van der Waals surface area contributed by atoms with Gasteiger partial charge in [-0.2, -0.15) is 5.10 Å². The van der Waals surface area contributed by atoms with Crippen molar-refractivity contribution >= 4 is 17.5 Å². The summed E-state index contributed by atoms with van der Waals surface area (Å²) in [7, 11) is 1.61. The Hall–Kier alpha value is -3.35. The average molecular weight is 439 g/mol. The number of carbonyl (C=O) groups excluding carboxylic acids is 1. The van der Waals surface area contributed by atoms with Crippen LogP contribution in [-0.2, 0) is 10.8 Å². The van der Waals surface area contributed by atoms with Gasteiger partial charge in [-0.25, -0.2) is 13.9 Å². The van der Waals surface area contributed by atoms with Gasteiger partial charge < -0.3 is 10.1 Å². The second-order valence-electron chi connectivity index (χ2n) is 9.80. The van der Waals surface area contributed by atoms with Crippen molar-refractivity contribution in [3.8, 4) is 11.4 Å². The predicted molar refractivity (Wildman–Crippen MR) is 127 cm³/mol. The summed E-state index contributed by atoms with van der Waals surface area (Å²) in [6.45, 7) is 12.0. The maximum absolute atomic E-state index is 14.5. The van der Waals surface area contributed by atoms with E-state index >= 15 is 0 Å². The summed E-state index contributed by atoms with van der Waals surface area (Å²) >= 11 is 0. The molecule has 1 aromatic heterocycles. The van der Waals surface area contributed by atoms with Crippen LogP contribution >= 0.6 is 0 Å². The largest absolute Gasteiger partial charge is 0.497 e. The van der Waals surface area contributed by atoms with E-state index in [1.165, 1.54) is 6.07 Å². The number of anilines is 2. The summed E-state index contributed by atoms with van der Waals surface area (Å²) in [6, 6.07) is 13.5. The summed E-state index contributed by atoms with van der Waals surface area (Å²) in [4.78, 5) is 12.7. The van der Waals surface area contributed by atoms with Crippen LogP contribution < -0.4 is 15.4 Å². The number of nitrogens with one attached hydrogen (secondary N) is 2. The third kappa shape index (κ3) is 5.28. The van der Waals surface area contributed by atoms with Gasteiger partial charge in [0.15, 0.2) is 0 Å². The number of benzene rings is 2. The van der Waals surface area contributed by atoms with Crippen LogP contribution in [0.2, 0.25) is 0 Å². The molecule has 0 atom stereocenters. The van der Waals surface area contributed by atoms with Gasteiger partial charge in [0, 0.05) is 17.2 Å². The smallest absolute Gasteiger partial charge is 0.324 e. The van der Waals surface area contributed by atoms with Crippen molar-refractivity contribution in [2.45, 2.75) is 52.4 Å². The molecule has 2 N–H and O–H groups in total. The van der Waals surface area contributed by atoms with Gasteiger partial charge in [0.2, 0.25) is 0 Å². The van der Waals surface area contributed by atoms with E-state index in [4.69, 9.17) is 9.84 Å². The summed E-state index contributed by atoms with van der Waals surface area (Å²) in [5, 5.41) is 10.2. The fourth-order valence-corrected chi connectivity index (χ4v) is 3.24. The number of methoxy groups -OCH3 is 1. The molecule has 0 saturated heterocycles. The fourth-order valence-electron chi connectivity index (χ4n) is 3.24. The molecule has 0 bridgehead atoms. The van der Waals surface area contributed by atoms with E-state index in [1.807, 2.05) is 51.1 Å². The molecule has 1 heterocycles. The van der Waals surface area contributed by atoms with Crippen LogP contribution in [-0.4, -0.2) is 22.9 Å². The number of urea groups is 1. The summed E-state index contributed by atoms with van der Waals surface area (Å²) < 4.78 is 21.4. The lowest BCUT2D eigenvalue weighted by Crippen LogP contribution is -2.22. The topological polar surface area (TPSA) is 68.2 Å². The minimum Gasteiger partial charge on any atom is -0.497 e. The Morgan fingerprint density at radius 3 is 2.12 bits per heavy atom. The molecule has 32 heavy (non-hydrogen) atoms. The van der Waals surface area contributed by atoms with E-state index in [2.05, 4.69) is 31.4 Å². The molecule has 0 unspecified atom stereocenters. The predicted octanol–water partition coefficient (Wildman–Crippen LogP) is 6.26. The zero-order chi connectivity index (χ0) is 23.7. The highest BCUT2D eigenvalue weighted by molar-refractivity contribution is 5.99. The van der Waals surface area contributed by atoms with Gasteiger partial charge in [-0.15, -0.1) is 0 Å². The third-order valence-corrected chi connectivity index (χ3v) is 5.07. The Labute approximate surface area is 188 Å². The van der Waals surface area contributed by atoms with Gasteiger partial charge in [-0.05, 0) is 47.4 Å². The third-order valence-electron chi connectivity index (χ3n) is 5.07. The maximum atomic E-state index is 14.5. The highest BCUT2D eigenvalue weighted by atomic mass is 19.1. The van der Waals surface area contributed by atoms with E-state index < -0.39 is 6.03 Å². The van der Waals surface area contributed by atoms with Gasteiger partial charge in [-0.1, -0.05) is 47.6 Å². The van der Waals surface area contributed by atoms with Crippen LogP contribution in [0.3, 0.4) is 0 Å². The van der Waals surface area contributed by atoms with Gasteiger partial charge in [0.25, 0.3) is 0 Å². The Morgan fingerprint density at radius 1 is 0.938 bits per heavy atom. The first kappa shape index (κ1) is 23.3. The van der Waals surface area contributed by atoms with Crippen LogP contribution in [0.5, 0.6) is 5.75 Å². The molecule has 0 aliphatic rings. The number of nitrogens with zero attached hydrogens (tertiary/aromatic N) is 2. The lowest BCUT2D eigenvalue weighted by molar-refractivity contribution is 0.262. The van der Waals surface area contributed by atoms with Crippen molar-refractivity contribution in [1.29, 1.82) is 0 Å². The molecule has 7 heteroatoms. The van der Waals surface area contributed by atoms with Crippen molar-refractivity contribution in [2.24, 2.45) is 0 Å². The molecule has 0 saturated carbocycles. The molecular formula is C25H31FN4O2. The van der Waals surface area contributed by atoms with Gasteiger partial charge in [0.1, 0.15) is 17.4 Å². The first-order valence-corrected chi connectivity index (χ1v) is 10.5. The lowest BCUT2D eigenvalue weighted by atomic mass is 9.86. The lowest BCUT2D eigenvalue weighted by Gasteiger charge is -2.20. The Kier molecular flexibility index (Phi) is 6.30. The van der Waals surface area contributed by atoms with Gasteiger partial charge in [-0.3, -0.25) is 5.32 Å². The Bertz CT molecular complexity index is 1110. The van der Waals surface area contributed by atoms with E-state index in [9.17, 15) is 9.18 Å². The van der Waals surface area contributed by atoms with Crippen LogP contribution in [0, 0.1) is 5.82 Å². The number of rotatable bonds is 4. The monoisotopic (exact) mass is 438 g/mol. The first-order chi connectivity index (χ1) is 14.9. The van der Waals surface area contributed by atoms with Crippen molar-refractivity contribution in [3.63, 3.8) is 0 Å². The zero-order valence-corrected chi connectivity index (χ0v) is 19.7. The average Bonchev–Trinajstić information content (AvgIpc) is 3.11. The Morgan fingerprint density at radius 2 is 1.59 bits per heavy atom.